The third-order valence-electron chi connectivity index (χ3n) is 4.11. The van der Waals surface area contributed by atoms with Crippen LogP contribution in [0, 0.1) is 5.92 Å². The first-order valence-electron chi connectivity index (χ1n) is 7.65. The fourth-order valence-electron chi connectivity index (χ4n) is 3.32. The Labute approximate surface area is 134 Å². The summed E-state index contributed by atoms with van der Waals surface area (Å²) >= 11 is 3.61. The minimum Gasteiger partial charge on any atom is -0.486 e. The largest absolute Gasteiger partial charge is 0.486 e. The van der Waals surface area contributed by atoms with Gasteiger partial charge < -0.3 is 15.2 Å². The maximum atomic E-state index is 6.37. The van der Waals surface area contributed by atoms with Crippen LogP contribution in [0.25, 0.3) is 0 Å². The quantitative estimate of drug-likeness (QED) is 0.906. The van der Waals surface area contributed by atoms with Crippen LogP contribution in [0.2, 0.25) is 0 Å². The number of rotatable bonds is 3. The van der Waals surface area contributed by atoms with E-state index >= 15 is 0 Å². The van der Waals surface area contributed by atoms with Crippen LogP contribution >= 0.6 is 15.9 Å². The first-order valence-corrected chi connectivity index (χ1v) is 8.44. The lowest BCUT2D eigenvalue weighted by Crippen LogP contribution is -2.34. The molecule has 0 radical (unpaired) electrons. The smallest absolute Gasteiger partial charge is 0.175 e. The average Bonchev–Trinajstić information content (AvgIpc) is 2.79. The van der Waals surface area contributed by atoms with Gasteiger partial charge in [-0.15, -0.1) is 0 Å². The van der Waals surface area contributed by atoms with Crippen molar-refractivity contribution in [3.63, 3.8) is 0 Å². The van der Waals surface area contributed by atoms with Crippen molar-refractivity contribution < 1.29 is 9.47 Å². The van der Waals surface area contributed by atoms with Crippen LogP contribution in [0.4, 0.5) is 0 Å². The second kappa shape index (κ2) is 6.15. The van der Waals surface area contributed by atoms with E-state index < -0.39 is 0 Å². The molecular formula is C16H23BrN2O2. The van der Waals surface area contributed by atoms with Gasteiger partial charge in [-0.05, 0) is 46.0 Å². The lowest BCUT2D eigenvalue weighted by molar-refractivity contribution is 0.169. The number of ether oxygens (including phenoxy) is 2. The monoisotopic (exact) mass is 354 g/mol. The number of nitrogens with zero attached hydrogens (tertiary/aromatic N) is 1. The molecule has 2 aliphatic rings. The van der Waals surface area contributed by atoms with Gasteiger partial charge in [-0.2, -0.15) is 0 Å². The third kappa shape index (κ3) is 3.05. The van der Waals surface area contributed by atoms with Crippen molar-refractivity contribution in [3.05, 3.63) is 22.2 Å². The molecule has 3 rings (SSSR count). The molecule has 0 aromatic heterocycles. The standard InChI is InChI=1S/C16H23BrN2O2/c1-10(2)9-19-4-3-13(18)15(19)11-7-12(17)16-14(8-11)20-5-6-21-16/h7-8,10,13,15H,3-6,9,18H2,1-2H3. The Morgan fingerprint density at radius 2 is 2.10 bits per heavy atom. The molecule has 2 aliphatic heterocycles. The van der Waals surface area contributed by atoms with Crippen molar-refractivity contribution in [2.45, 2.75) is 32.4 Å². The summed E-state index contributed by atoms with van der Waals surface area (Å²) in [5.41, 5.74) is 7.59. The van der Waals surface area contributed by atoms with Crippen LogP contribution in [0.1, 0.15) is 31.9 Å². The molecule has 0 spiro atoms. The Morgan fingerprint density at radius 1 is 1.33 bits per heavy atom. The maximum absolute atomic E-state index is 6.37. The summed E-state index contributed by atoms with van der Waals surface area (Å²) in [4.78, 5) is 2.49. The predicted molar refractivity (Wildman–Crippen MR) is 86.9 cm³/mol. The second-order valence-corrected chi connectivity index (χ2v) is 7.17. The van der Waals surface area contributed by atoms with E-state index in [0.29, 0.717) is 19.1 Å². The van der Waals surface area contributed by atoms with Crippen molar-refractivity contribution in [2.24, 2.45) is 11.7 Å². The first kappa shape index (κ1) is 15.1. The molecule has 2 N–H and O–H groups in total. The van der Waals surface area contributed by atoms with Crippen molar-refractivity contribution >= 4 is 15.9 Å². The lowest BCUT2D eigenvalue weighted by Gasteiger charge is -2.30. The number of benzene rings is 1. The number of hydrogen-bond donors (Lipinski definition) is 1. The Kier molecular flexibility index (Phi) is 4.43. The van der Waals surface area contributed by atoms with Crippen LogP contribution in [-0.4, -0.2) is 37.2 Å². The minimum atomic E-state index is 0.179. The van der Waals surface area contributed by atoms with Gasteiger partial charge in [0.15, 0.2) is 11.5 Å². The molecule has 1 aromatic carbocycles. The molecule has 0 amide bonds. The molecule has 116 valence electrons. The second-order valence-electron chi connectivity index (χ2n) is 6.31. The van der Waals surface area contributed by atoms with Crippen LogP contribution in [-0.2, 0) is 0 Å². The Balaban J connectivity index is 1.92. The van der Waals surface area contributed by atoms with Gasteiger partial charge in [0.1, 0.15) is 13.2 Å². The fourth-order valence-corrected chi connectivity index (χ4v) is 3.89. The topological polar surface area (TPSA) is 47.7 Å². The summed E-state index contributed by atoms with van der Waals surface area (Å²) in [6.07, 6.45) is 1.05. The number of nitrogens with two attached hydrogens (primary N) is 1. The molecule has 4 nitrogen and oxygen atoms in total. The van der Waals surface area contributed by atoms with Crippen LogP contribution in [0.5, 0.6) is 11.5 Å². The van der Waals surface area contributed by atoms with Crippen LogP contribution in [0.3, 0.4) is 0 Å². The fraction of sp³-hybridized carbons (Fsp3) is 0.625. The van der Waals surface area contributed by atoms with Gasteiger partial charge in [0, 0.05) is 19.1 Å². The summed E-state index contributed by atoms with van der Waals surface area (Å²) in [5.74, 6) is 2.28. The van der Waals surface area contributed by atoms with Gasteiger partial charge in [0.25, 0.3) is 0 Å². The molecule has 1 saturated heterocycles. The van der Waals surface area contributed by atoms with Crippen molar-refractivity contribution in [1.82, 2.24) is 4.90 Å². The average molecular weight is 355 g/mol. The zero-order chi connectivity index (χ0) is 15.0. The van der Waals surface area contributed by atoms with E-state index in [1.165, 1.54) is 5.56 Å². The summed E-state index contributed by atoms with van der Waals surface area (Å²) in [6, 6.07) is 4.68. The lowest BCUT2D eigenvalue weighted by atomic mass is 9.99. The SMILES string of the molecule is CC(C)CN1CCC(N)C1c1cc(Br)c2c(c1)OCCO2. The summed E-state index contributed by atoms with van der Waals surface area (Å²) in [7, 11) is 0. The number of likely N-dealkylation sites (tertiary alicyclic amines) is 1. The highest BCUT2D eigenvalue weighted by atomic mass is 79.9. The highest BCUT2D eigenvalue weighted by Gasteiger charge is 2.34. The van der Waals surface area contributed by atoms with E-state index in [9.17, 15) is 0 Å². The number of hydrogen-bond acceptors (Lipinski definition) is 4. The van der Waals surface area contributed by atoms with Gasteiger partial charge in [0.2, 0.25) is 0 Å². The summed E-state index contributed by atoms with van der Waals surface area (Å²) in [6.45, 7) is 7.85. The normalized spacial score (nSPS) is 25.6. The minimum absolute atomic E-state index is 0.179. The zero-order valence-corrected chi connectivity index (χ0v) is 14.2. The summed E-state index contributed by atoms with van der Waals surface area (Å²) in [5, 5.41) is 0. The van der Waals surface area contributed by atoms with Gasteiger partial charge >= 0.3 is 0 Å². The highest BCUT2D eigenvalue weighted by molar-refractivity contribution is 9.10. The molecule has 1 fully saturated rings. The Hall–Kier alpha value is -0.780. The molecule has 21 heavy (non-hydrogen) atoms. The van der Waals surface area contributed by atoms with Gasteiger partial charge in [-0.3, -0.25) is 4.90 Å². The third-order valence-corrected chi connectivity index (χ3v) is 4.70. The van der Waals surface area contributed by atoms with Crippen molar-refractivity contribution in [2.75, 3.05) is 26.3 Å². The first-order chi connectivity index (χ1) is 10.1. The van der Waals surface area contributed by atoms with E-state index in [1.54, 1.807) is 0 Å². The van der Waals surface area contributed by atoms with Gasteiger partial charge in [-0.1, -0.05) is 13.8 Å². The molecule has 5 heteroatoms. The predicted octanol–water partition coefficient (Wildman–Crippen LogP) is 2.95. The van der Waals surface area contributed by atoms with E-state index in [2.05, 4.69) is 46.8 Å². The molecular weight excluding hydrogens is 332 g/mol. The van der Waals surface area contributed by atoms with Gasteiger partial charge in [0.05, 0.1) is 10.5 Å². The van der Waals surface area contributed by atoms with Crippen LogP contribution in [0.15, 0.2) is 16.6 Å². The Bertz CT molecular complexity index is 521. The van der Waals surface area contributed by atoms with Gasteiger partial charge in [-0.25, -0.2) is 0 Å². The molecule has 0 saturated carbocycles. The van der Waals surface area contributed by atoms with E-state index in [-0.39, 0.29) is 12.1 Å². The maximum Gasteiger partial charge on any atom is 0.175 e. The molecule has 2 atom stereocenters. The zero-order valence-electron chi connectivity index (χ0n) is 12.6. The molecule has 2 heterocycles. The number of halogens is 1. The van der Waals surface area contributed by atoms with E-state index in [4.69, 9.17) is 15.2 Å². The Morgan fingerprint density at radius 3 is 2.86 bits per heavy atom. The van der Waals surface area contributed by atoms with Crippen molar-refractivity contribution in [1.29, 1.82) is 0 Å². The number of fused-ring (bicyclic) bond motifs is 1. The van der Waals surface area contributed by atoms with Crippen molar-refractivity contribution in [3.8, 4) is 11.5 Å². The summed E-state index contributed by atoms with van der Waals surface area (Å²) < 4.78 is 12.4. The molecule has 1 aromatic rings. The molecule has 2 unspecified atom stereocenters. The van der Waals surface area contributed by atoms with E-state index in [1.807, 2.05) is 0 Å². The molecule has 0 aliphatic carbocycles. The van der Waals surface area contributed by atoms with Crippen LogP contribution < -0.4 is 15.2 Å². The van der Waals surface area contributed by atoms with E-state index in [0.717, 1.165) is 35.5 Å². The highest BCUT2D eigenvalue weighted by Crippen LogP contribution is 2.42. The molecule has 0 bridgehead atoms.